The zero-order chi connectivity index (χ0) is 17.9. The number of anilines is 1. The lowest BCUT2D eigenvalue weighted by molar-refractivity contribution is 0.208. The molecule has 0 saturated carbocycles. The highest BCUT2D eigenvalue weighted by atomic mass is 32.2. The van der Waals surface area contributed by atoms with Gasteiger partial charge in [0.25, 0.3) is 0 Å². The van der Waals surface area contributed by atoms with Crippen LogP contribution in [0.1, 0.15) is 35.8 Å². The van der Waals surface area contributed by atoms with Crippen molar-refractivity contribution < 1.29 is 5.11 Å². The molecule has 0 unspecified atom stereocenters. The Morgan fingerprint density at radius 2 is 2.00 bits per heavy atom. The molecule has 4 nitrogen and oxygen atoms in total. The summed E-state index contributed by atoms with van der Waals surface area (Å²) in [6.07, 6.45) is 4.35. The first-order chi connectivity index (χ1) is 12.7. The number of nitrogens with zero attached hydrogens (tertiary/aromatic N) is 2. The Hall–Kier alpha value is -1.63. The molecule has 1 aromatic carbocycles. The Bertz CT molecular complexity index is 893. The Labute approximate surface area is 162 Å². The van der Waals surface area contributed by atoms with Crippen molar-refractivity contribution in [2.45, 2.75) is 49.6 Å². The lowest BCUT2D eigenvalue weighted by Gasteiger charge is -2.14. The maximum Gasteiger partial charge on any atom is 0.191 e. The molecule has 0 fully saturated rings. The fourth-order valence-electron chi connectivity index (χ4n) is 3.30. The maximum absolute atomic E-state index is 9.69. The van der Waals surface area contributed by atoms with E-state index in [1.54, 1.807) is 18.7 Å². The van der Waals surface area contributed by atoms with E-state index in [4.69, 9.17) is 9.97 Å². The van der Waals surface area contributed by atoms with Crippen molar-refractivity contribution in [3.8, 4) is 0 Å². The minimum Gasteiger partial charge on any atom is -0.392 e. The smallest absolute Gasteiger partial charge is 0.191 e. The molecule has 26 heavy (non-hydrogen) atoms. The number of hydrogen-bond acceptors (Lipinski definition) is 6. The number of fused-ring (bicyclic) bond motifs is 3. The summed E-state index contributed by atoms with van der Waals surface area (Å²) in [4.78, 5) is 12.2. The van der Waals surface area contributed by atoms with Crippen LogP contribution in [0.5, 0.6) is 0 Å². The van der Waals surface area contributed by atoms with Gasteiger partial charge in [0, 0.05) is 17.2 Å². The molecule has 4 rings (SSSR count). The Morgan fingerprint density at radius 1 is 1.19 bits per heavy atom. The van der Waals surface area contributed by atoms with Crippen molar-refractivity contribution in [2.75, 3.05) is 11.9 Å². The number of rotatable bonds is 6. The number of aliphatic hydroxyl groups is 1. The number of thiophene rings is 1. The zero-order valence-electron chi connectivity index (χ0n) is 14.9. The summed E-state index contributed by atoms with van der Waals surface area (Å²) in [7, 11) is 0. The quantitative estimate of drug-likeness (QED) is 0.478. The second-order valence-electron chi connectivity index (χ2n) is 6.75. The van der Waals surface area contributed by atoms with Gasteiger partial charge in [-0.15, -0.1) is 11.3 Å². The summed E-state index contributed by atoms with van der Waals surface area (Å²) in [6.45, 7) is 2.29. The number of benzene rings is 1. The second kappa shape index (κ2) is 7.94. The fraction of sp³-hybridized carbons (Fsp3) is 0.400. The number of aromatic nitrogens is 2. The molecule has 6 heteroatoms. The van der Waals surface area contributed by atoms with Crippen molar-refractivity contribution in [3.63, 3.8) is 0 Å². The van der Waals surface area contributed by atoms with Crippen molar-refractivity contribution >= 4 is 39.1 Å². The van der Waals surface area contributed by atoms with Crippen molar-refractivity contribution in [2.24, 2.45) is 0 Å². The van der Waals surface area contributed by atoms with Crippen LogP contribution in [0.15, 0.2) is 35.5 Å². The highest BCUT2D eigenvalue weighted by Crippen LogP contribution is 2.39. The SMILES string of the molecule is C[C@H](O)CNc1nc(SCc2ccccc2)nc2sc3c(c12)CCCC3. The Morgan fingerprint density at radius 3 is 2.81 bits per heavy atom. The Balaban J connectivity index is 1.67. The van der Waals surface area contributed by atoms with Crippen LogP contribution in [0.25, 0.3) is 10.2 Å². The van der Waals surface area contributed by atoms with Crippen LogP contribution in [-0.2, 0) is 18.6 Å². The van der Waals surface area contributed by atoms with Crippen molar-refractivity contribution in [1.29, 1.82) is 0 Å². The fourth-order valence-corrected chi connectivity index (χ4v) is 5.42. The first kappa shape index (κ1) is 17.8. The molecule has 1 aliphatic carbocycles. The van der Waals surface area contributed by atoms with Crippen LogP contribution >= 0.6 is 23.1 Å². The van der Waals surface area contributed by atoms with Crippen LogP contribution in [0.3, 0.4) is 0 Å². The van der Waals surface area contributed by atoms with Gasteiger partial charge in [0.2, 0.25) is 0 Å². The summed E-state index contributed by atoms with van der Waals surface area (Å²) in [5, 5.41) is 15.0. The molecule has 0 aliphatic heterocycles. The largest absolute Gasteiger partial charge is 0.392 e. The highest BCUT2D eigenvalue weighted by Gasteiger charge is 2.21. The summed E-state index contributed by atoms with van der Waals surface area (Å²) in [6, 6.07) is 10.4. The van der Waals surface area contributed by atoms with Gasteiger partial charge in [-0.2, -0.15) is 0 Å². The van der Waals surface area contributed by atoms with E-state index in [-0.39, 0.29) is 0 Å². The number of aryl methyl sites for hydroxylation is 2. The van der Waals surface area contributed by atoms with Gasteiger partial charge in [-0.25, -0.2) is 9.97 Å². The molecule has 136 valence electrons. The van der Waals surface area contributed by atoms with Crippen LogP contribution in [-0.4, -0.2) is 27.7 Å². The third-order valence-corrected chi connectivity index (χ3v) is 6.67. The highest BCUT2D eigenvalue weighted by molar-refractivity contribution is 7.98. The van der Waals surface area contributed by atoms with Crippen molar-refractivity contribution in [1.82, 2.24) is 9.97 Å². The van der Waals surface area contributed by atoms with E-state index < -0.39 is 6.10 Å². The van der Waals surface area contributed by atoms with Gasteiger partial charge in [-0.1, -0.05) is 42.1 Å². The van der Waals surface area contributed by atoms with E-state index in [9.17, 15) is 5.11 Å². The molecule has 2 aromatic heterocycles. The van der Waals surface area contributed by atoms with Crippen LogP contribution < -0.4 is 5.32 Å². The van der Waals surface area contributed by atoms with Gasteiger partial charge < -0.3 is 10.4 Å². The summed E-state index contributed by atoms with van der Waals surface area (Å²) in [5.74, 6) is 1.73. The molecule has 0 spiro atoms. The standard InChI is InChI=1S/C20H23N3OS2/c1-13(24)11-21-18-17-15-9-5-6-10-16(15)26-19(17)23-20(22-18)25-12-14-7-3-2-4-8-14/h2-4,7-8,13,24H,5-6,9-12H2,1H3,(H,21,22,23)/t13-/m0/s1. The van der Waals surface area contributed by atoms with Gasteiger partial charge >= 0.3 is 0 Å². The monoisotopic (exact) mass is 385 g/mol. The van der Waals surface area contributed by atoms with E-state index in [0.717, 1.165) is 34.4 Å². The zero-order valence-corrected chi connectivity index (χ0v) is 16.5. The van der Waals surface area contributed by atoms with Crippen LogP contribution in [0.4, 0.5) is 5.82 Å². The molecule has 1 aliphatic rings. The first-order valence-electron chi connectivity index (χ1n) is 9.11. The summed E-state index contributed by atoms with van der Waals surface area (Å²) >= 11 is 3.48. The molecule has 0 bridgehead atoms. The molecule has 1 atom stereocenters. The molecular weight excluding hydrogens is 362 g/mol. The second-order valence-corrected chi connectivity index (χ2v) is 8.78. The molecule has 2 heterocycles. The van der Waals surface area contributed by atoms with E-state index in [2.05, 4.69) is 29.6 Å². The van der Waals surface area contributed by atoms with Gasteiger partial charge in [0.05, 0.1) is 11.5 Å². The predicted molar refractivity (Wildman–Crippen MR) is 110 cm³/mol. The number of hydrogen-bond donors (Lipinski definition) is 2. The van der Waals surface area contributed by atoms with E-state index in [0.29, 0.717) is 6.54 Å². The summed E-state index contributed by atoms with van der Waals surface area (Å²) in [5.41, 5.74) is 2.69. The van der Waals surface area contributed by atoms with E-state index in [1.165, 1.54) is 34.2 Å². The molecule has 3 aromatic rings. The summed E-state index contributed by atoms with van der Waals surface area (Å²) < 4.78 is 0. The van der Waals surface area contributed by atoms with Crippen LogP contribution in [0.2, 0.25) is 0 Å². The number of thioether (sulfide) groups is 1. The van der Waals surface area contributed by atoms with E-state index >= 15 is 0 Å². The third kappa shape index (κ3) is 3.87. The van der Waals surface area contributed by atoms with Gasteiger partial charge in [-0.3, -0.25) is 0 Å². The van der Waals surface area contributed by atoms with E-state index in [1.807, 2.05) is 17.4 Å². The van der Waals surface area contributed by atoms with Crippen LogP contribution in [0, 0.1) is 0 Å². The topological polar surface area (TPSA) is 58.0 Å². The minimum atomic E-state index is -0.408. The van der Waals surface area contributed by atoms with Gasteiger partial charge in [0.15, 0.2) is 5.16 Å². The van der Waals surface area contributed by atoms with Gasteiger partial charge in [0.1, 0.15) is 10.6 Å². The number of nitrogens with one attached hydrogen (secondary N) is 1. The minimum absolute atomic E-state index is 0.408. The lowest BCUT2D eigenvalue weighted by atomic mass is 9.97. The lowest BCUT2D eigenvalue weighted by Crippen LogP contribution is -2.16. The van der Waals surface area contributed by atoms with Crippen molar-refractivity contribution in [3.05, 3.63) is 46.3 Å². The Kier molecular flexibility index (Phi) is 5.43. The molecular formula is C20H23N3OS2. The maximum atomic E-state index is 9.69. The average molecular weight is 386 g/mol. The predicted octanol–water partition coefficient (Wildman–Crippen LogP) is 4.66. The third-order valence-electron chi connectivity index (χ3n) is 4.57. The molecule has 0 amide bonds. The first-order valence-corrected chi connectivity index (χ1v) is 10.9. The number of aliphatic hydroxyl groups excluding tert-OH is 1. The molecule has 2 N–H and O–H groups in total. The molecule has 0 radical (unpaired) electrons. The molecule has 0 saturated heterocycles. The normalized spacial score (nSPS) is 15.0. The van der Waals surface area contributed by atoms with Gasteiger partial charge in [-0.05, 0) is 43.7 Å². The average Bonchev–Trinajstić information content (AvgIpc) is 3.04.